The second-order valence-corrected chi connectivity index (χ2v) is 12.3. The minimum absolute atomic E-state index is 0.00370. The molecule has 0 aliphatic carbocycles. The maximum Gasteiger partial charge on any atom is 0.410 e. The van der Waals surface area contributed by atoms with Crippen LogP contribution >= 0.6 is 0 Å². The molecule has 3 aliphatic rings. The Morgan fingerprint density at radius 2 is 1.53 bits per heavy atom. The molecule has 0 atom stereocenters. The number of hydrogen-bond donors (Lipinski definition) is 2. The number of benzene rings is 3. The van der Waals surface area contributed by atoms with E-state index in [1.165, 1.54) is 0 Å². The van der Waals surface area contributed by atoms with E-state index < -0.39 is 17.2 Å². The predicted molar refractivity (Wildman–Crippen MR) is 166 cm³/mol. The van der Waals surface area contributed by atoms with E-state index in [1.54, 1.807) is 4.90 Å². The van der Waals surface area contributed by atoms with E-state index in [1.807, 2.05) is 58.3 Å². The molecule has 4 N–H and O–H groups in total. The van der Waals surface area contributed by atoms with Gasteiger partial charge >= 0.3 is 6.09 Å². The quantitative estimate of drug-likeness (QED) is 0.350. The molecule has 2 amide bonds. The first kappa shape index (κ1) is 30.6. The van der Waals surface area contributed by atoms with Crippen molar-refractivity contribution < 1.29 is 27.8 Å². The molecule has 3 fully saturated rings. The van der Waals surface area contributed by atoms with E-state index in [0.29, 0.717) is 69.8 Å². The van der Waals surface area contributed by atoms with Crippen molar-refractivity contribution >= 4 is 23.4 Å². The Balaban J connectivity index is 0.958. The standard InChI is InChI=1S/C34H39F2N5O4/c35-30-19-26(38)20-31(36)29(30)22-39-15-10-34(11-16-39)12-17-41(33(43)45-34)21-23-4-6-24(7-5-23)32(42)40-13-8-27(9-14-40)44-28-3-1-2-25(37)18-28/h1-7,18-20,27H,8-17,21-22,37-38H2. The molecule has 238 valence electrons. The van der Waals surface area contributed by atoms with Crippen LogP contribution in [0.3, 0.4) is 0 Å². The van der Waals surface area contributed by atoms with Gasteiger partial charge in [-0.3, -0.25) is 9.69 Å². The smallest absolute Gasteiger partial charge is 0.410 e. The molecule has 0 unspecified atom stereocenters. The lowest BCUT2D eigenvalue weighted by molar-refractivity contribution is -0.0833. The van der Waals surface area contributed by atoms with Crippen LogP contribution in [-0.2, 0) is 17.8 Å². The van der Waals surface area contributed by atoms with Crippen molar-refractivity contribution in [3.05, 3.63) is 89.0 Å². The second kappa shape index (κ2) is 12.9. The lowest BCUT2D eigenvalue weighted by Crippen LogP contribution is -2.54. The first-order chi connectivity index (χ1) is 21.7. The molecule has 1 spiro atoms. The molecule has 45 heavy (non-hydrogen) atoms. The average Bonchev–Trinajstić information content (AvgIpc) is 3.02. The Bertz CT molecular complexity index is 1510. The third-order valence-corrected chi connectivity index (χ3v) is 9.18. The van der Waals surface area contributed by atoms with Gasteiger partial charge in [0.15, 0.2) is 0 Å². The van der Waals surface area contributed by atoms with Gasteiger partial charge in [-0.1, -0.05) is 18.2 Å². The van der Waals surface area contributed by atoms with Crippen LogP contribution in [-0.4, -0.2) is 71.1 Å². The number of ether oxygens (including phenoxy) is 2. The highest BCUT2D eigenvalue weighted by Gasteiger charge is 2.43. The van der Waals surface area contributed by atoms with Crippen LogP contribution in [0.1, 0.15) is 53.6 Å². The lowest BCUT2D eigenvalue weighted by atomic mass is 9.86. The number of anilines is 2. The Morgan fingerprint density at radius 3 is 2.18 bits per heavy atom. The summed E-state index contributed by atoms with van der Waals surface area (Å²) in [6.07, 6.45) is 3.05. The second-order valence-electron chi connectivity index (χ2n) is 12.3. The van der Waals surface area contributed by atoms with E-state index in [0.717, 1.165) is 36.3 Å². The van der Waals surface area contributed by atoms with Crippen LogP contribution in [0.15, 0.2) is 60.7 Å². The molecule has 0 aromatic heterocycles. The molecular formula is C34H39F2N5O4. The fourth-order valence-corrected chi connectivity index (χ4v) is 6.46. The molecule has 3 aromatic carbocycles. The third kappa shape index (κ3) is 7.14. The minimum Gasteiger partial charge on any atom is -0.490 e. The Hall–Kier alpha value is -4.38. The highest BCUT2D eigenvalue weighted by molar-refractivity contribution is 5.94. The van der Waals surface area contributed by atoms with Crippen LogP contribution in [0.5, 0.6) is 5.75 Å². The molecule has 0 bridgehead atoms. The fourth-order valence-electron chi connectivity index (χ4n) is 6.46. The normalized spacial score (nSPS) is 19.0. The van der Waals surface area contributed by atoms with Crippen molar-refractivity contribution in [2.75, 3.05) is 44.2 Å². The zero-order chi connectivity index (χ0) is 31.6. The van der Waals surface area contributed by atoms with Gasteiger partial charge < -0.3 is 30.7 Å². The molecule has 3 saturated heterocycles. The number of halogens is 2. The van der Waals surface area contributed by atoms with Crippen molar-refractivity contribution in [2.45, 2.75) is 56.9 Å². The van der Waals surface area contributed by atoms with E-state index in [4.69, 9.17) is 20.9 Å². The van der Waals surface area contributed by atoms with Crippen LogP contribution in [0.25, 0.3) is 0 Å². The summed E-state index contributed by atoms with van der Waals surface area (Å²) in [6.45, 7) is 3.44. The first-order valence-corrected chi connectivity index (χ1v) is 15.5. The number of hydrogen-bond acceptors (Lipinski definition) is 7. The monoisotopic (exact) mass is 619 g/mol. The number of piperidine rings is 2. The van der Waals surface area contributed by atoms with Gasteiger partial charge in [0, 0.05) is 106 Å². The number of carbonyl (C=O) groups is 2. The van der Waals surface area contributed by atoms with Crippen molar-refractivity contribution in [2.24, 2.45) is 0 Å². The Labute approximate surface area is 261 Å². The summed E-state index contributed by atoms with van der Waals surface area (Å²) >= 11 is 0. The van der Waals surface area contributed by atoms with Gasteiger partial charge in [-0.2, -0.15) is 0 Å². The molecule has 3 aliphatic heterocycles. The van der Waals surface area contributed by atoms with E-state index in [9.17, 15) is 18.4 Å². The van der Waals surface area contributed by atoms with Crippen LogP contribution < -0.4 is 16.2 Å². The maximum atomic E-state index is 14.3. The summed E-state index contributed by atoms with van der Waals surface area (Å²) < 4.78 is 40.6. The predicted octanol–water partition coefficient (Wildman–Crippen LogP) is 5.19. The van der Waals surface area contributed by atoms with Crippen molar-refractivity contribution in [3.8, 4) is 5.75 Å². The topological polar surface area (TPSA) is 114 Å². The molecule has 3 aromatic rings. The van der Waals surface area contributed by atoms with Gasteiger partial charge in [0.1, 0.15) is 29.1 Å². The van der Waals surface area contributed by atoms with Gasteiger partial charge in [0.05, 0.1) is 0 Å². The molecular weight excluding hydrogens is 580 g/mol. The molecule has 6 rings (SSSR count). The first-order valence-electron chi connectivity index (χ1n) is 15.5. The highest BCUT2D eigenvalue weighted by Crippen LogP contribution is 2.35. The minimum atomic E-state index is -0.647. The average molecular weight is 620 g/mol. The maximum absolute atomic E-state index is 14.3. The number of carbonyl (C=O) groups excluding carboxylic acids is 2. The lowest BCUT2D eigenvalue weighted by Gasteiger charge is -2.46. The molecule has 0 radical (unpaired) electrons. The number of amides is 2. The third-order valence-electron chi connectivity index (χ3n) is 9.18. The van der Waals surface area contributed by atoms with E-state index in [2.05, 4.69) is 0 Å². The van der Waals surface area contributed by atoms with Crippen molar-refractivity contribution in [1.82, 2.24) is 14.7 Å². The number of rotatable bonds is 7. The molecule has 0 saturated carbocycles. The Morgan fingerprint density at radius 1 is 0.867 bits per heavy atom. The number of nitrogen functional groups attached to an aromatic ring is 2. The van der Waals surface area contributed by atoms with Crippen LogP contribution in [0.2, 0.25) is 0 Å². The molecule has 3 heterocycles. The molecule has 9 nitrogen and oxygen atoms in total. The Kier molecular flexibility index (Phi) is 8.80. The van der Waals surface area contributed by atoms with Crippen molar-refractivity contribution in [1.29, 1.82) is 0 Å². The number of likely N-dealkylation sites (tertiary alicyclic amines) is 2. The molecule has 11 heteroatoms. The van der Waals surface area contributed by atoms with Gasteiger partial charge in [-0.15, -0.1) is 0 Å². The summed E-state index contributed by atoms with van der Waals surface area (Å²) in [5.41, 5.74) is 13.1. The number of nitrogens with zero attached hydrogens (tertiary/aromatic N) is 3. The largest absolute Gasteiger partial charge is 0.490 e. The van der Waals surface area contributed by atoms with Crippen molar-refractivity contribution in [3.63, 3.8) is 0 Å². The highest BCUT2D eigenvalue weighted by atomic mass is 19.1. The number of nitrogens with two attached hydrogens (primary N) is 2. The summed E-state index contributed by atoms with van der Waals surface area (Å²) in [5, 5.41) is 0. The van der Waals surface area contributed by atoms with E-state index >= 15 is 0 Å². The summed E-state index contributed by atoms with van der Waals surface area (Å²) in [5.74, 6) is -0.567. The van der Waals surface area contributed by atoms with Crippen LogP contribution in [0, 0.1) is 11.6 Å². The van der Waals surface area contributed by atoms with Gasteiger partial charge in [0.2, 0.25) is 0 Å². The fraction of sp³-hybridized carbons (Fsp3) is 0.412. The SMILES string of the molecule is Nc1cccc(OC2CCN(C(=O)c3ccc(CN4CCC5(CCN(Cc6c(F)cc(N)cc6F)CC5)OC4=O)cc3)CC2)c1. The van der Waals surface area contributed by atoms with Gasteiger partial charge in [-0.25, -0.2) is 13.6 Å². The zero-order valence-electron chi connectivity index (χ0n) is 25.2. The van der Waals surface area contributed by atoms with E-state index in [-0.39, 0.29) is 35.9 Å². The van der Waals surface area contributed by atoms with Gasteiger partial charge in [0.25, 0.3) is 5.91 Å². The summed E-state index contributed by atoms with van der Waals surface area (Å²) in [6, 6.07) is 17.0. The van der Waals surface area contributed by atoms with Crippen LogP contribution in [0.4, 0.5) is 25.0 Å². The summed E-state index contributed by atoms with van der Waals surface area (Å²) in [7, 11) is 0. The zero-order valence-corrected chi connectivity index (χ0v) is 25.2. The summed E-state index contributed by atoms with van der Waals surface area (Å²) in [4.78, 5) is 31.7. The van der Waals surface area contributed by atoms with Gasteiger partial charge in [-0.05, 0) is 42.0 Å².